The lowest BCUT2D eigenvalue weighted by Crippen LogP contribution is -2.45. The summed E-state index contributed by atoms with van der Waals surface area (Å²) < 4.78 is 54.5. The van der Waals surface area contributed by atoms with E-state index in [2.05, 4.69) is 30.3 Å². The smallest absolute Gasteiger partial charge is 0.242 e. The van der Waals surface area contributed by atoms with Gasteiger partial charge in [-0.3, -0.25) is 0 Å². The number of nitrogens with one attached hydrogen (secondary N) is 2. The fraction of sp³-hybridized carbons (Fsp3) is 0.158. The van der Waals surface area contributed by atoms with Gasteiger partial charge < -0.3 is 17.2 Å². The predicted molar refractivity (Wildman–Crippen MR) is 128 cm³/mol. The Morgan fingerprint density at radius 2 is 1.71 bits per heavy atom. The van der Waals surface area contributed by atoms with E-state index in [-0.39, 0.29) is 35.9 Å². The van der Waals surface area contributed by atoms with E-state index < -0.39 is 35.9 Å². The summed E-state index contributed by atoms with van der Waals surface area (Å²) in [5.41, 5.74) is 18.0. The molecule has 0 spiro atoms. The first kappa shape index (κ1) is 24.6. The molecule has 2 aromatic heterocycles. The zero-order chi connectivity index (χ0) is 25.4. The monoisotopic (exact) mass is 518 g/mol. The molecule has 10 N–H and O–H groups in total. The van der Waals surface area contributed by atoms with Gasteiger partial charge in [-0.2, -0.15) is 5.21 Å². The second-order valence-corrected chi connectivity index (χ2v) is 10.7. The molecule has 4 rings (SSSR count). The number of nitrogen functional groups attached to an aromatic ring is 1. The van der Waals surface area contributed by atoms with Crippen molar-refractivity contribution >= 4 is 36.8 Å². The number of rotatable bonds is 8. The molecule has 0 aliphatic heterocycles. The van der Waals surface area contributed by atoms with Crippen molar-refractivity contribution in [2.45, 2.75) is 15.8 Å². The van der Waals surface area contributed by atoms with Crippen molar-refractivity contribution in [3.05, 3.63) is 42.5 Å². The topological polar surface area (TPSA) is 252 Å². The van der Waals surface area contributed by atoms with E-state index in [1.54, 1.807) is 30.3 Å². The number of anilines is 1. The average molecular weight is 519 g/mol. The lowest BCUT2D eigenvalue weighted by atomic mass is 9.96. The molecule has 16 heteroatoms. The fourth-order valence-corrected chi connectivity index (χ4v) is 6.49. The van der Waals surface area contributed by atoms with Gasteiger partial charge in [0.15, 0.2) is 0 Å². The number of pyridine rings is 1. The second kappa shape index (κ2) is 9.25. The Hall–Kier alpha value is -3.54. The molecule has 2 heterocycles. The van der Waals surface area contributed by atoms with Crippen LogP contribution in [0.1, 0.15) is 0 Å². The minimum atomic E-state index is -4.66. The number of hydrogen-bond donors (Lipinski definition) is 6. The van der Waals surface area contributed by atoms with Crippen LogP contribution in [0.4, 0.5) is 5.82 Å². The lowest BCUT2D eigenvalue weighted by Gasteiger charge is -2.19. The maximum absolute atomic E-state index is 13.2. The molecule has 0 atom stereocenters. The molecule has 14 nitrogen and oxygen atoms in total. The van der Waals surface area contributed by atoms with Gasteiger partial charge in [0.1, 0.15) is 15.6 Å². The summed E-state index contributed by atoms with van der Waals surface area (Å²) in [6, 6.07) is 10.3. The molecule has 0 aliphatic rings. The van der Waals surface area contributed by atoms with Gasteiger partial charge >= 0.3 is 0 Å². The summed E-state index contributed by atoms with van der Waals surface area (Å²) in [5.74, 6) is 0.0342. The van der Waals surface area contributed by atoms with E-state index in [0.717, 1.165) is 6.07 Å². The summed E-state index contributed by atoms with van der Waals surface area (Å²) in [4.78, 5) is 3.03. The molecule has 0 fully saturated rings. The van der Waals surface area contributed by atoms with Crippen molar-refractivity contribution in [1.82, 2.24) is 30.3 Å². The zero-order valence-corrected chi connectivity index (χ0v) is 19.7. The van der Waals surface area contributed by atoms with E-state index in [4.69, 9.17) is 22.3 Å². The van der Waals surface area contributed by atoms with E-state index in [0.29, 0.717) is 16.5 Å². The highest BCUT2D eigenvalue weighted by atomic mass is 32.2. The van der Waals surface area contributed by atoms with Gasteiger partial charge in [0.05, 0.1) is 11.1 Å². The number of primary sulfonamides is 1. The van der Waals surface area contributed by atoms with Crippen LogP contribution in [0, 0.1) is 0 Å². The van der Waals surface area contributed by atoms with E-state index >= 15 is 0 Å². The third kappa shape index (κ3) is 4.70. The van der Waals surface area contributed by atoms with Crippen LogP contribution in [0.2, 0.25) is 0 Å². The highest BCUT2D eigenvalue weighted by Crippen LogP contribution is 2.40. The number of hydrogen-bond acceptors (Lipinski definition) is 11. The Morgan fingerprint density at radius 1 is 0.971 bits per heavy atom. The molecule has 4 aromatic rings. The van der Waals surface area contributed by atoms with Crippen molar-refractivity contribution in [2.24, 2.45) is 16.6 Å². The number of aromatic amines is 1. The summed E-state index contributed by atoms with van der Waals surface area (Å²) in [6.45, 7) is -0.224. The van der Waals surface area contributed by atoms with Crippen LogP contribution in [0.25, 0.3) is 33.4 Å². The molecule has 0 aliphatic carbocycles. The number of benzene rings is 2. The van der Waals surface area contributed by atoms with E-state index in [1.807, 2.05) is 0 Å². The Bertz CT molecular complexity index is 1600. The number of para-hydroxylation sites is 1. The Labute approximate surface area is 200 Å². The van der Waals surface area contributed by atoms with Gasteiger partial charge in [-0.25, -0.2) is 31.7 Å². The normalized spacial score (nSPS) is 12.5. The fourth-order valence-electron chi connectivity index (χ4n) is 3.63. The van der Waals surface area contributed by atoms with Crippen LogP contribution in [-0.4, -0.2) is 61.6 Å². The first-order valence-electron chi connectivity index (χ1n) is 10.1. The molecule has 0 radical (unpaired) electrons. The largest absolute Gasteiger partial charge is 0.384 e. The van der Waals surface area contributed by atoms with Gasteiger partial charge in [-0.15, -0.1) is 10.2 Å². The lowest BCUT2D eigenvalue weighted by molar-refractivity contribution is 0.548. The quantitative estimate of drug-likeness (QED) is 0.163. The molecule has 0 amide bonds. The van der Waals surface area contributed by atoms with E-state index in [1.165, 1.54) is 6.07 Å². The maximum Gasteiger partial charge on any atom is 0.242 e. The minimum absolute atomic E-state index is 0.112. The summed E-state index contributed by atoms with van der Waals surface area (Å²) >= 11 is 0. The summed E-state index contributed by atoms with van der Waals surface area (Å²) in [6.07, 6.45) is 0. The number of nitrogens with two attached hydrogens (primary N) is 4. The summed E-state index contributed by atoms with van der Waals surface area (Å²) in [5, 5.41) is 19.8. The number of H-pyrrole nitrogens is 1. The third-order valence-corrected chi connectivity index (χ3v) is 7.87. The Morgan fingerprint density at radius 3 is 2.34 bits per heavy atom. The number of nitrogens with zero attached hydrogens (tertiary/aromatic N) is 4. The zero-order valence-electron chi connectivity index (χ0n) is 18.1. The van der Waals surface area contributed by atoms with Crippen molar-refractivity contribution < 1.29 is 16.8 Å². The highest BCUT2D eigenvalue weighted by Gasteiger charge is 2.33. The maximum atomic E-state index is 13.2. The Balaban J connectivity index is 2.12. The van der Waals surface area contributed by atoms with Gasteiger partial charge in [-0.1, -0.05) is 24.3 Å². The highest BCUT2D eigenvalue weighted by molar-refractivity contribution is 7.92. The number of fused-ring (bicyclic) bond motifs is 1. The molecule has 0 bridgehead atoms. The van der Waals surface area contributed by atoms with Gasteiger partial charge in [0, 0.05) is 30.1 Å². The van der Waals surface area contributed by atoms with Gasteiger partial charge in [0.2, 0.25) is 25.9 Å². The third-order valence-electron chi connectivity index (χ3n) is 5.19. The van der Waals surface area contributed by atoms with Crippen LogP contribution in [-0.2, 0) is 20.0 Å². The summed E-state index contributed by atoms with van der Waals surface area (Å²) in [7, 11) is -9.11. The molecule has 184 valence electrons. The first-order chi connectivity index (χ1) is 16.6. The van der Waals surface area contributed by atoms with Crippen molar-refractivity contribution in [2.75, 3.05) is 18.8 Å². The second-order valence-electron chi connectivity index (χ2n) is 7.50. The number of sulfonamides is 2. The van der Waals surface area contributed by atoms with Crippen LogP contribution >= 0.6 is 0 Å². The molecular weight excluding hydrogens is 496 g/mol. The van der Waals surface area contributed by atoms with Crippen LogP contribution in [0.15, 0.2) is 52.3 Å². The molecule has 0 saturated carbocycles. The average Bonchev–Trinajstić information content (AvgIpc) is 3.35. The molecule has 2 aromatic carbocycles. The van der Waals surface area contributed by atoms with Crippen LogP contribution < -0.4 is 27.1 Å². The number of tetrazole rings is 1. The molecule has 0 saturated heterocycles. The SMILES string of the molecule is NCC(CN)NS(=O)(=O)c1ccc(-c2cccc3ccc(N)nc23)c(-c2nn[nH]n2)c1S(N)(=O)=O. The Kier molecular flexibility index (Phi) is 6.50. The molecular formula is C19H22N10O4S2. The van der Waals surface area contributed by atoms with Gasteiger partial charge in [0.25, 0.3) is 0 Å². The predicted octanol–water partition coefficient (Wildman–Crippen LogP) is -1.12. The first-order valence-corrected chi connectivity index (χ1v) is 13.1. The molecule has 35 heavy (non-hydrogen) atoms. The molecule has 0 unspecified atom stereocenters. The van der Waals surface area contributed by atoms with Crippen molar-refractivity contribution in [1.29, 1.82) is 0 Å². The number of aromatic nitrogens is 5. The standard InChI is InChI=1S/C19H22N10O4S2/c20-8-11(9-21)27-35(32,33)14-6-5-12(13-3-1-2-10-4-7-15(22)24-17(10)13)16(18(14)34(23,30)31)19-25-28-29-26-19/h1-7,11,27H,8-9,20-21H2,(H2,22,24)(H2,23,30,31)(H,25,26,28,29). The van der Waals surface area contributed by atoms with Crippen LogP contribution in [0.3, 0.4) is 0 Å². The van der Waals surface area contributed by atoms with E-state index in [9.17, 15) is 16.8 Å². The minimum Gasteiger partial charge on any atom is -0.384 e. The van der Waals surface area contributed by atoms with Crippen LogP contribution in [0.5, 0.6) is 0 Å². The van der Waals surface area contributed by atoms with Crippen molar-refractivity contribution in [3.8, 4) is 22.5 Å². The van der Waals surface area contributed by atoms with Gasteiger partial charge in [-0.05, 0) is 29.0 Å². The van der Waals surface area contributed by atoms with Crippen molar-refractivity contribution in [3.63, 3.8) is 0 Å².